The number of carbonyl (C=O) groups is 1. The van der Waals surface area contributed by atoms with Crippen molar-refractivity contribution in [3.8, 4) is 0 Å². The summed E-state index contributed by atoms with van der Waals surface area (Å²) in [5.41, 5.74) is 1.70. The van der Waals surface area contributed by atoms with E-state index in [4.69, 9.17) is 16.6 Å². The average molecular weight is 386 g/mol. The van der Waals surface area contributed by atoms with Crippen molar-refractivity contribution in [2.75, 3.05) is 18.4 Å². The Morgan fingerprint density at radius 1 is 1.19 bits per heavy atom. The Morgan fingerprint density at radius 2 is 2.00 bits per heavy atom. The second-order valence-corrected chi connectivity index (χ2v) is 8.00. The molecule has 1 aliphatic heterocycles. The predicted octanol–water partition coefficient (Wildman–Crippen LogP) is 5.12. The van der Waals surface area contributed by atoms with Gasteiger partial charge in [-0.1, -0.05) is 42.3 Å². The minimum Gasteiger partial charge on any atom is -0.324 e. The van der Waals surface area contributed by atoms with Crippen molar-refractivity contribution in [3.63, 3.8) is 0 Å². The Kier molecular flexibility index (Phi) is 5.20. The van der Waals surface area contributed by atoms with E-state index >= 15 is 0 Å². The molecule has 2 aromatic carbocycles. The minimum atomic E-state index is -0.0360. The zero-order valence-corrected chi connectivity index (χ0v) is 15.9. The molecule has 0 radical (unpaired) electrons. The van der Waals surface area contributed by atoms with E-state index in [1.165, 1.54) is 11.1 Å². The Labute approximate surface area is 161 Å². The number of anilines is 1. The van der Waals surface area contributed by atoms with Gasteiger partial charge in [0.15, 0.2) is 0 Å². The molecule has 2 heterocycles. The number of hydrogen-bond donors (Lipinski definition) is 1. The highest BCUT2D eigenvalue weighted by molar-refractivity contribution is 7.18. The fourth-order valence-corrected chi connectivity index (χ4v) is 4.75. The molecule has 1 fully saturated rings. The molecule has 0 bridgehead atoms. The number of nitrogens with one attached hydrogen (secondary N) is 1. The van der Waals surface area contributed by atoms with Crippen LogP contribution in [0.2, 0.25) is 5.02 Å². The van der Waals surface area contributed by atoms with Crippen LogP contribution in [0.25, 0.3) is 10.2 Å². The van der Waals surface area contributed by atoms with Crippen LogP contribution >= 0.6 is 22.9 Å². The highest BCUT2D eigenvalue weighted by Gasteiger charge is 2.28. The summed E-state index contributed by atoms with van der Waals surface area (Å²) in [7, 11) is 0. The number of thiazole rings is 1. The SMILES string of the molecule is O=C(CN1CCCC[C@H]1c1nc2ccccc2s1)Nc1ccccc1Cl. The van der Waals surface area contributed by atoms with Gasteiger partial charge in [0.1, 0.15) is 5.01 Å². The lowest BCUT2D eigenvalue weighted by Crippen LogP contribution is -2.39. The van der Waals surface area contributed by atoms with Gasteiger partial charge in [0.05, 0.1) is 33.5 Å². The molecule has 4 rings (SSSR count). The Bertz CT molecular complexity index is 893. The molecule has 1 N–H and O–H groups in total. The average Bonchev–Trinajstić information content (AvgIpc) is 3.08. The maximum atomic E-state index is 12.6. The number of para-hydroxylation sites is 2. The maximum absolute atomic E-state index is 12.6. The summed E-state index contributed by atoms with van der Waals surface area (Å²) in [6.45, 7) is 1.27. The van der Waals surface area contributed by atoms with Crippen molar-refractivity contribution in [2.45, 2.75) is 25.3 Å². The molecular weight excluding hydrogens is 366 g/mol. The normalized spacial score (nSPS) is 18.1. The fraction of sp³-hybridized carbons (Fsp3) is 0.300. The number of carbonyl (C=O) groups excluding carboxylic acids is 1. The number of aromatic nitrogens is 1. The summed E-state index contributed by atoms with van der Waals surface area (Å²) < 4.78 is 1.20. The molecular formula is C20H20ClN3OS. The van der Waals surface area contributed by atoms with E-state index < -0.39 is 0 Å². The first-order chi connectivity index (χ1) is 12.7. The van der Waals surface area contributed by atoms with E-state index in [0.717, 1.165) is 29.9 Å². The minimum absolute atomic E-state index is 0.0360. The molecule has 1 aliphatic rings. The third-order valence-corrected chi connectivity index (χ3v) is 6.17. The lowest BCUT2D eigenvalue weighted by Gasteiger charge is -2.33. The van der Waals surface area contributed by atoms with Crippen molar-refractivity contribution in [2.24, 2.45) is 0 Å². The van der Waals surface area contributed by atoms with Crippen molar-refractivity contribution in [3.05, 3.63) is 58.6 Å². The summed E-state index contributed by atoms with van der Waals surface area (Å²) in [4.78, 5) is 19.6. The van der Waals surface area contributed by atoms with Crippen molar-refractivity contribution in [1.29, 1.82) is 0 Å². The second-order valence-electron chi connectivity index (χ2n) is 6.53. The molecule has 4 nitrogen and oxygen atoms in total. The number of halogens is 1. The highest BCUT2D eigenvalue weighted by atomic mass is 35.5. The van der Waals surface area contributed by atoms with Crippen LogP contribution in [0.1, 0.15) is 30.3 Å². The number of amides is 1. The lowest BCUT2D eigenvalue weighted by atomic mass is 10.0. The van der Waals surface area contributed by atoms with Gasteiger partial charge in [0, 0.05) is 0 Å². The van der Waals surface area contributed by atoms with Crippen LogP contribution in [0.5, 0.6) is 0 Å². The number of benzene rings is 2. The van der Waals surface area contributed by atoms with Gasteiger partial charge >= 0.3 is 0 Å². The third kappa shape index (κ3) is 3.75. The predicted molar refractivity (Wildman–Crippen MR) is 108 cm³/mol. The maximum Gasteiger partial charge on any atom is 0.238 e. The lowest BCUT2D eigenvalue weighted by molar-refractivity contribution is -0.118. The zero-order valence-electron chi connectivity index (χ0n) is 14.3. The first-order valence-electron chi connectivity index (χ1n) is 8.84. The molecule has 0 spiro atoms. The molecule has 1 saturated heterocycles. The second kappa shape index (κ2) is 7.74. The molecule has 6 heteroatoms. The van der Waals surface area contributed by atoms with Crippen LogP contribution < -0.4 is 5.32 Å². The van der Waals surface area contributed by atoms with Gasteiger partial charge in [-0.3, -0.25) is 9.69 Å². The van der Waals surface area contributed by atoms with Gasteiger partial charge < -0.3 is 5.32 Å². The number of rotatable bonds is 4. The summed E-state index contributed by atoms with van der Waals surface area (Å²) in [6, 6.07) is 15.7. The number of fused-ring (bicyclic) bond motifs is 1. The van der Waals surface area contributed by atoms with Gasteiger partial charge in [-0.05, 0) is 43.7 Å². The van der Waals surface area contributed by atoms with E-state index in [0.29, 0.717) is 17.3 Å². The standard InChI is InChI=1S/C20H20ClN3OS/c21-14-7-1-2-8-15(14)22-19(25)13-24-12-6-5-10-17(24)20-23-16-9-3-4-11-18(16)26-20/h1-4,7-9,11,17H,5-6,10,12-13H2,(H,22,25)/t17-/m0/s1. The fourth-order valence-electron chi connectivity index (χ4n) is 3.43. The van der Waals surface area contributed by atoms with Crippen LogP contribution in [0, 0.1) is 0 Å². The van der Waals surface area contributed by atoms with Gasteiger partial charge in [-0.25, -0.2) is 4.98 Å². The van der Waals surface area contributed by atoms with E-state index in [9.17, 15) is 4.79 Å². The van der Waals surface area contributed by atoms with Crippen molar-refractivity contribution < 1.29 is 4.79 Å². The smallest absolute Gasteiger partial charge is 0.238 e. The largest absolute Gasteiger partial charge is 0.324 e. The monoisotopic (exact) mass is 385 g/mol. The zero-order chi connectivity index (χ0) is 17.9. The highest BCUT2D eigenvalue weighted by Crippen LogP contribution is 2.35. The van der Waals surface area contributed by atoms with Gasteiger partial charge in [-0.2, -0.15) is 0 Å². The molecule has 0 saturated carbocycles. The third-order valence-electron chi connectivity index (χ3n) is 4.70. The van der Waals surface area contributed by atoms with Crippen molar-refractivity contribution >= 4 is 44.7 Å². The van der Waals surface area contributed by atoms with Crippen LogP contribution in [-0.2, 0) is 4.79 Å². The number of piperidine rings is 1. The first-order valence-corrected chi connectivity index (χ1v) is 10.0. The van der Waals surface area contributed by atoms with E-state index in [1.54, 1.807) is 17.4 Å². The van der Waals surface area contributed by atoms with E-state index in [2.05, 4.69) is 16.3 Å². The van der Waals surface area contributed by atoms with Gasteiger partial charge in [0.25, 0.3) is 0 Å². The summed E-state index contributed by atoms with van der Waals surface area (Å²) in [5, 5.41) is 4.59. The van der Waals surface area contributed by atoms with Gasteiger partial charge in [-0.15, -0.1) is 11.3 Å². The van der Waals surface area contributed by atoms with Crippen LogP contribution in [0.4, 0.5) is 5.69 Å². The first kappa shape index (κ1) is 17.5. The molecule has 3 aromatic rings. The number of nitrogens with zero attached hydrogens (tertiary/aromatic N) is 2. The molecule has 1 atom stereocenters. The molecule has 26 heavy (non-hydrogen) atoms. The molecule has 134 valence electrons. The number of hydrogen-bond acceptors (Lipinski definition) is 4. The van der Waals surface area contributed by atoms with Crippen LogP contribution in [-0.4, -0.2) is 28.9 Å². The molecule has 0 aliphatic carbocycles. The molecule has 0 unspecified atom stereocenters. The van der Waals surface area contributed by atoms with Crippen molar-refractivity contribution in [1.82, 2.24) is 9.88 Å². The molecule has 1 amide bonds. The van der Waals surface area contributed by atoms with E-state index in [1.807, 2.05) is 36.4 Å². The van der Waals surface area contributed by atoms with Gasteiger partial charge in [0.2, 0.25) is 5.91 Å². The Morgan fingerprint density at radius 3 is 2.85 bits per heavy atom. The summed E-state index contributed by atoms with van der Waals surface area (Å²) in [5.74, 6) is -0.0360. The summed E-state index contributed by atoms with van der Waals surface area (Å²) in [6.07, 6.45) is 3.32. The quantitative estimate of drug-likeness (QED) is 0.678. The molecule has 1 aromatic heterocycles. The summed E-state index contributed by atoms with van der Waals surface area (Å²) >= 11 is 7.88. The Hall–Kier alpha value is -1.95. The van der Waals surface area contributed by atoms with Crippen LogP contribution in [0.3, 0.4) is 0 Å². The van der Waals surface area contributed by atoms with Crippen LogP contribution in [0.15, 0.2) is 48.5 Å². The number of likely N-dealkylation sites (tertiary alicyclic amines) is 1. The Balaban J connectivity index is 1.50. The topological polar surface area (TPSA) is 45.2 Å². The van der Waals surface area contributed by atoms with E-state index in [-0.39, 0.29) is 11.9 Å².